The minimum absolute atomic E-state index is 0.106. The van der Waals surface area contributed by atoms with E-state index in [9.17, 15) is 18.0 Å². The number of hydrogen-bond acceptors (Lipinski definition) is 4. The fourth-order valence-corrected chi connectivity index (χ4v) is 3.50. The lowest BCUT2D eigenvalue weighted by atomic mass is 10.0. The van der Waals surface area contributed by atoms with Crippen LogP contribution in [0.3, 0.4) is 0 Å². The number of rotatable bonds is 5. The van der Waals surface area contributed by atoms with Crippen LogP contribution in [0, 0.1) is 17.2 Å². The zero-order chi connectivity index (χ0) is 19.6. The molecule has 146 valence electrons. The minimum atomic E-state index is -4.60. The first-order valence-corrected chi connectivity index (χ1v) is 8.98. The number of carbonyl (C=O) groups is 1. The van der Waals surface area contributed by atoms with Gasteiger partial charge in [0.25, 0.3) is 0 Å². The van der Waals surface area contributed by atoms with Gasteiger partial charge in [-0.05, 0) is 37.0 Å². The number of halogens is 3. The van der Waals surface area contributed by atoms with Crippen LogP contribution in [0.25, 0.3) is 0 Å². The van der Waals surface area contributed by atoms with E-state index in [2.05, 4.69) is 0 Å². The van der Waals surface area contributed by atoms with Crippen LogP contribution in [0.4, 0.5) is 18.9 Å². The number of methoxy groups -OCH3 is 1. The molecule has 27 heavy (non-hydrogen) atoms. The summed E-state index contributed by atoms with van der Waals surface area (Å²) in [5.41, 5.74) is -0.948. The summed E-state index contributed by atoms with van der Waals surface area (Å²) >= 11 is 0. The molecular weight excluding hydrogens is 359 g/mol. The highest BCUT2D eigenvalue weighted by Crippen LogP contribution is 2.36. The molecule has 0 aromatic heterocycles. The van der Waals surface area contributed by atoms with Gasteiger partial charge in [-0.1, -0.05) is 0 Å². The predicted molar refractivity (Wildman–Crippen MR) is 93.1 cm³/mol. The number of nitriles is 1. The summed E-state index contributed by atoms with van der Waals surface area (Å²) in [5, 5.41) is 8.96. The van der Waals surface area contributed by atoms with Gasteiger partial charge in [0.15, 0.2) is 0 Å². The van der Waals surface area contributed by atoms with E-state index in [-0.39, 0.29) is 11.9 Å². The van der Waals surface area contributed by atoms with Crippen LogP contribution in [0.1, 0.15) is 30.4 Å². The molecule has 2 fully saturated rings. The highest BCUT2D eigenvalue weighted by Gasteiger charge is 2.36. The first-order valence-electron chi connectivity index (χ1n) is 8.98. The number of benzene rings is 1. The van der Waals surface area contributed by atoms with E-state index < -0.39 is 17.3 Å². The van der Waals surface area contributed by atoms with Gasteiger partial charge in [0.1, 0.15) is 0 Å². The van der Waals surface area contributed by atoms with Crippen LogP contribution >= 0.6 is 0 Å². The molecule has 2 aliphatic rings. The average Bonchev–Trinajstić information content (AvgIpc) is 3.44. The average molecular weight is 381 g/mol. The van der Waals surface area contributed by atoms with E-state index >= 15 is 0 Å². The normalized spacial score (nSPS) is 20.5. The van der Waals surface area contributed by atoms with Crippen molar-refractivity contribution in [1.29, 1.82) is 5.26 Å². The van der Waals surface area contributed by atoms with Crippen LogP contribution in [0.5, 0.6) is 0 Å². The van der Waals surface area contributed by atoms with Crippen molar-refractivity contribution in [2.75, 3.05) is 38.3 Å². The Labute approximate surface area is 156 Å². The molecule has 5 nitrogen and oxygen atoms in total. The van der Waals surface area contributed by atoms with Crippen molar-refractivity contribution in [3.63, 3.8) is 0 Å². The van der Waals surface area contributed by atoms with E-state index in [1.165, 1.54) is 19.2 Å². The fraction of sp³-hybridized carbons (Fsp3) is 0.579. The molecule has 1 heterocycles. The van der Waals surface area contributed by atoms with Gasteiger partial charge in [0.05, 0.1) is 29.8 Å². The molecule has 1 saturated heterocycles. The lowest BCUT2D eigenvalue weighted by Crippen LogP contribution is -2.56. The zero-order valence-corrected chi connectivity index (χ0v) is 15.1. The van der Waals surface area contributed by atoms with E-state index in [0.29, 0.717) is 44.3 Å². The number of alkyl halides is 3. The number of nitrogens with zero attached hydrogens (tertiary/aromatic N) is 3. The summed E-state index contributed by atoms with van der Waals surface area (Å²) in [4.78, 5) is 16.0. The van der Waals surface area contributed by atoms with E-state index in [4.69, 9.17) is 10.00 Å². The number of amides is 1. The molecule has 0 N–H and O–H groups in total. The first kappa shape index (κ1) is 19.5. The molecule has 1 unspecified atom stereocenters. The van der Waals surface area contributed by atoms with E-state index in [1.807, 2.05) is 4.90 Å². The minimum Gasteiger partial charge on any atom is -0.382 e. The Hall–Kier alpha value is -2.27. The molecule has 1 aromatic carbocycles. The molecule has 1 aliphatic carbocycles. The lowest BCUT2D eigenvalue weighted by molar-refractivity contribution is -0.137. The molecule has 1 atom stereocenters. The van der Waals surface area contributed by atoms with Gasteiger partial charge in [-0.25, -0.2) is 0 Å². The molecule has 1 aromatic rings. The summed E-state index contributed by atoms with van der Waals surface area (Å²) in [7, 11) is 1.53. The Bertz CT molecular complexity index is 741. The highest BCUT2D eigenvalue weighted by molar-refractivity contribution is 5.77. The Kier molecular flexibility index (Phi) is 5.61. The zero-order valence-electron chi connectivity index (χ0n) is 15.1. The van der Waals surface area contributed by atoms with Gasteiger partial charge >= 0.3 is 6.18 Å². The largest absolute Gasteiger partial charge is 0.417 e. The van der Waals surface area contributed by atoms with Crippen LogP contribution < -0.4 is 4.90 Å². The molecule has 0 spiro atoms. The second-order valence-corrected chi connectivity index (χ2v) is 7.13. The maximum absolute atomic E-state index is 13.3. The summed E-state index contributed by atoms with van der Waals surface area (Å²) in [5.74, 6) is 0.596. The number of anilines is 1. The van der Waals surface area contributed by atoms with Crippen LogP contribution in [-0.2, 0) is 15.7 Å². The quantitative estimate of drug-likeness (QED) is 0.787. The fourth-order valence-electron chi connectivity index (χ4n) is 3.50. The molecular formula is C19H22F3N3O2. The first-order chi connectivity index (χ1) is 12.8. The third-order valence-corrected chi connectivity index (χ3v) is 5.12. The van der Waals surface area contributed by atoms with Crippen molar-refractivity contribution < 1.29 is 22.7 Å². The summed E-state index contributed by atoms with van der Waals surface area (Å²) < 4.78 is 45.1. The Morgan fingerprint density at radius 1 is 1.33 bits per heavy atom. The highest BCUT2D eigenvalue weighted by atomic mass is 19.4. The van der Waals surface area contributed by atoms with Crippen molar-refractivity contribution in [2.24, 2.45) is 5.92 Å². The van der Waals surface area contributed by atoms with Crippen LogP contribution in [0.15, 0.2) is 18.2 Å². The number of carbonyl (C=O) groups excluding carboxylic acids is 1. The number of hydrogen-bond donors (Lipinski definition) is 0. The molecule has 1 aliphatic heterocycles. The molecule has 0 bridgehead atoms. The SMILES string of the molecule is COCC1CN(C(=O)CC2CC2)CCN1c1ccc(C#N)c(C(F)(F)F)c1. The van der Waals surface area contributed by atoms with Gasteiger partial charge in [0, 0.05) is 38.9 Å². The van der Waals surface area contributed by atoms with E-state index in [0.717, 1.165) is 18.9 Å². The summed E-state index contributed by atoms with van der Waals surface area (Å²) in [6.07, 6.45) is -1.86. The maximum atomic E-state index is 13.3. The van der Waals surface area contributed by atoms with Crippen molar-refractivity contribution >= 4 is 11.6 Å². The van der Waals surface area contributed by atoms with Crippen molar-refractivity contribution in [3.8, 4) is 6.07 Å². The van der Waals surface area contributed by atoms with Gasteiger partial charge < -0.3 is 14.5 Å². The Morgan fingerprint density at radius 3 is 2.67 bits per heavy atom. The molecule has 1 saturated carbocycles. The lowest BCUT2D eigenvalue weighted by Gasteiger charge is -2.42. The monoisotopic (exact) mass is 381 g/mol. The summed E-state index contributed by atoms with van der Waals surface area (Å²) in [6, 6.07) is 5.11. The van der Waals surface area contributed by atoms with Gasteiger partial charge in [0.2, 0.25) is 5.91 Å². The van der Waals surface area contributed by atoms with Crippen molar-refractivity contribution in [2.45, 2.75) is 31.5 Å². The molecule has 1 amide bonds. The molecule has 3 rings (SSSR count). The van der Waals surface area contributed by atoms with Gasteiger partial charge in [-0.2, -0.15) is 18.4 Å². The molecule has 8 heteroatoms. The Balaban J connectivity index is 1.81. The van der Waals surface area contributed by atoms with Crippen molar-refractivity contribution in [1.82, 2.24) is 4.90 Å². The Morgan fingerprint density at radius 2 is 2.07 bits per heavy atom. The third kappa shape index (κ3) is 4.53. The second kappa shape index (κ2) is 7.77. The third-order valence-electron chi connectivity index (χ3n) is 5.12. The van der Waals surface area contributed by atoms with Crippen LogP contribution in [0.2, 0.25) is 0 Å². The molecule has 0 radical (unpaired) electrons. The standard InChI is InChI=1S/C19H22F3N3O2/c1-27-12-16-11-24(18(26)8-13-2-3-13)6-7-25(16)15-5-4-14(10-23)17(9-15)19(20,21)22/h4-5,9,13,16H,2-3,6-8,11-12H2,1H3. The number of ether oxygens (including phenoxy) is 1. The predicted octanol–water partition coefficient (Wildman–Crippen LogP) is 3.04. The van der Waals surface area contributed by atoms with Crippen molar-refractivity contribution in [3.05, 3.63) is 29.3 Å². The topological polar surface area (TPSA) is 56.6 Å². The smallest absolute Gasteiger partial charge is 0.382 e. The number of piperazine rings is 1. The summed E-state index contributed by atoms with van der Waals surface area (Å²) in [6.45, 7) is 1.61. The van der Waals surface area contributed by atoms with Gasteiger partial charge in [-0.3, -0.25) is 4.79 Å². The van der Waals surface area contributed by atoms with E-state index in [1.54, 1.807) is 11.0 Å². The van der Waals surface area contributed by atoms with Gasteiger partial charge in [-0.15, -0.1) is 0 Å². The maximum Gasteiger partial charge on any atom is 0.417 e. The second-order valence-electron chi connectivity index (χ2n) is 7.13. The van der Waals surface area contributed by atoms with Crippen LogP contribution in [-0.4, -0.2) is 50.2 Å².